The Labute approximate surface area is 255 Å². The molecule has 1 aliphatic rings. The summed E-state index contributed by atoms with van der Waals surface area (Å²) in [7, 11) is 0. The number of pyridine rings is 1. The summed E-state index contributed by atoms with van der Waals surface area (Å²) in [6, 6.07) is 2.79. The van der Waals surface area contributed by atoms with Crippen molar-refractivity contribution in [3.63, 3.8) is 0 Å². The number of nitrogens with one attached hydrogen (secondary N) is 1. The third-order valence-corrected chi connectivity index (χ3v) is 7.31. The van der Waals surface area contributed by atoms with Gasteiger partial charge in [-0.1, -0.05) is 6.92 Å². The number of carbonyl (C=O) groups excluding carboxylic acids is 1. The fourth-order valence-electron chi connectivity index (χ4n) is 5.23. The van der Waals surface area contributed by atoms with Crippen molar-refractivity contribution >= 4 is 23.3 Å². The second-order valence-electron chi connectivity index (χ2n) is 10.4. The molecule has 17 heteroatoms. The van der Waals surface area contributed by atoms with Crippen LogP contribution in [0.1, 0.15) is 66.1 Å². The standard InChI is InChI=1S/C29H25F9N4O4/c1-3-20-13-23(22-12-17(27(30,31)32)5-6-24(22)41(20)26(43)46-4-2)40-25-16(10-21(14-39-25)42(44)45)7-15-8-18(28(33,34)35)11-19(9-15)29(36,37)38/h5-6,8-12,14,20,23H,3-4,7,13H2,1-2H3,(H,39,40)/t20-,23+/m1/s1. The maximum Gasteiger partial charge on any atom is 0.416 e. The van der Waals surface area contributed by atoms with Crippen LogP contribution in [0.5, 0.6) is 0 Å². The molecule has 2 atom stereocenters. The van der Waals surface area contributed by atoms with Gasteiger partial charge in [0.15, 0.2) is 0 Å². The Morgan fingerprint density at radius 3 is 2.09 bits per heavy atom. The van der Waals surface area contributed by atoms with Gasteiger partial charge >= 0.3 is 24.6 Å². The van der Waals surface area contributed by atoms with Crippen LogP contribution >= 0.6 is 0 Å². The lowest BCUT2D eigenvalue weighted by Gasteiger charge is -2.40. The number of nitrogens with zero attached hydrogens (tertiary/aromatic N) is 3. The minimum Gasteiger partial charge on any atom is -0.449 e. The van der Waals surface area contributed by atoms with Gasteiger partial charge in [-0.05, 0) is 67.3 Å². The van der Waals surface area contributed by atoms with Gasteiger partial charge < -0.3 is 10.1 Å². The zero-order chi connectivity index (χ0) is 34.2. The highest BCUT2D eigenvalue weighted by molar-refractivity contribution is 5.90. The normalized spacial score (nSPS) is 17.0. The molecule has 0 fully saturated rings. The summed E-state index contributed by atoms with van der Waals surface area (Å²) in [4.78, 5) is 28.7. The van der Waals surface area contributed by atoms with Crippen molar-refractivity contribution in [3.8, 4) is 0 Å². The maximum absolute atomic E-state index is 13.7. The van der Waals surface area contributed by atoms with E-state index in [1.54, 1.807) is 13.8 Å². The number of fused-ring (bicyclic) bond motifs is 1. The first-order valence-electron chi connectivity index (χ1n) is 13.7. The van der Waals surface area contributed by atoms with Crippen molar-refractivity contribution in [2.45, 2.75) is 63.7 Å². The Bertz CT molecular complexity index is 1590. The van der Waals surface area contributed by atoms with E-state index in [1.807, 2.05) is 0 Å². The quantitative estimate of drug-likeness (QED) is 0.154. The predicted molar refractivity (Wildman–Crippen MR) is 146 cm³/mol. The molecule has 1 amide bonds. The molecule has 1 aromatic heterocycles. The van der Waals surface area contributed by atoms with Crippen LogP contribution in [0.2, 0.25) is 0 Å². The molecule has 0 bridgehead atoms. The number of carbonyl (C=O) groups is 1. The van der Waals surface area contributed by atoms with Crippen molar-refractivity contribution in [2.75, 3.05) is 16.8 Å². The lowest BCUT2D eigenvalue weighted by molar-refractivity contribution is -0.385. The van der Waals surface area contributed by atoms with Crippen molar-refractivity contribution < 1.29 is 54.0 Å². The Morgan fingerprint density at radius 1 is 0.957 bits per heavy atom. The highest BCUT2D eigenvalue weighted by Crippen LogP contribution is 2.44. The molecule has 0 saturated heterocycles. The molecule has 0 radical (unpaired) electrons. The van der Waals surface area contributed by atoms with Crippen LogP contribution < -0.4 is 10.2 Å². The third kappa shape index (κ3) is 7.45. The predicted octanol–water partition coefficient (Wildman–Crippen LogP) is 8.94. The van der Waals surface area contributed by atoms with E-state index in [0.29, 0.717) is 18.6 Å². The van der Waals surface area contributed by atoms with E-state index in [-0.39, 0.29) is 41.7 Å². The minimum atomic E-state index is -5.15. The molecule has 0 saturated carbocycles. The van der Waals surface area contributed by atoms with Gasteiger partial charge in [-0.2, -0.15) is 39.5 Å². The molecule has 3 aromatic rings. The molecule has 248 valence electrons. The first-order valence-corrected chi connectivity index (χ1v) is 13.7. The van der Waals surface area contributed by atoms with Gasteiger partial charge in [0, 0.05) is 24.1 Å². The van der Waals surface area contributed by atoms with Gasteiger partial charge in [0.25, 0.3) is 5.69 Å². The Balaban J connectivity index is 1.84. The first kappa shape index (κ1) is 34.3. The summed E-state index contributed by atoms with van der Waals surface area (Å²) in [6.45, 7) is 3.24. The number of aromatic nitrogens is 1. The Hall–Kier alpha value is -4.57. The summed E-state index contributed by atoms with van der Waals surface area (Å²) in [5.41, 5.74) is -5.56. The average Bonchev–Trinajstić information content (AvgIpc) is 2.95. The summed E-state index contributed by atoms with van der Waals surface area (Å²) < 4.78 is 127. The topological polar surface area (TPSA) is 97.6 Å². The number of anilines is 2. The van der Waals surface area contributed by atoms with Gasteiger partial charge in [0.2, 0.25) is 0 Å². The number of alkyl halides is 9. The number of nitro groups is 1. The molecule has 2 heterocycles. The average molecular weight is 665 g/mol. The number of hydrogen-bond donors (Lipinski definition) is 1. The second kappa shape index (κ2) is 12.7. The third-order valence-electron chi connectivity index (χ3n) is 7.31. The van der Waals surface area contributed by atoms with Crippen molar-refractivity contribution in [3.05, 3.63) is 92.2 Å². The van der Waals surface area contributed by atoms with Gasteiger partial charge in [0.1, 0.15) is 12.0 Å². The molecular formula is C29H25F9N4O4. The van der Waals surface area contributed by atoms with Crippen LogP contribution in [-0.2, 0) is 29.7 Å². The number of halogens is 9. The zero-order valence-corrected chi connectivity index (χ0v) is 24.0. The van der Waals surface area contributed by atoms with Crippen LogP contribution in [0, 0.1) is 10.1 Å². The van der Waals surface area contributed by atoms with E-state index in [2.05, 4.69) is 10.3 Å². The number of benzene rings is 2. The van der Waals surface area contributed by atoms with E-state index >= 15 is 0 Å². The summed E-state index contributed by atoms with van der Waals surface area (Å²) in [5.74, 6) is -0.232. The Morgan fingerprint density at radius 2 is 1.57 bits per heavy atom. The second-order valence-corrected chi connectivity index (χ2v) is 10.4. The van der Waals surface area contributed by atoms with E-state index in [1.165, 1.54) is 4.90 Å². The number of amides is 1. The summed E-state index contributed by atoms with van der Waals surface area (Å²) in [5, 5.41) is 14.4. The molecular weight excluding hydrogens is 639 g/mol. The molecule has 8 nitrogen and oxygen atoms in total. The van der Waals surface area contributed by atoms with E-state index in [9.17, 15) is 54.4 Å². The minimum absolute atomic E-state index is 0.0227. The fraction of sp³-hybridized carbons (Fsp3) is 0.379. The SMILES string of the molecule is CCOC(=O)N1c2ccc(C(F)(F)F)cc2[C@@H](Nc2ncc([N+](=O)[O-])cc2Cc2cc(C(F)(F)F)cc(C(F)(F)F)c2)C[C@H]1CC. The number of ether oxygens (including phenoxy) is 1. The summed E-state index contributed by atoms with van der Waals surface area (Å²) in [6.07, 6.45) is -15.5. The molecule has 0 spiro atoms. The highest BCUT2D eigenvalue weighted by Gasteiger charge is 2.40. The lowest BCUT2D eigenvalue weighted by Crippen LogP contribution is -2.46. The molecule has 1 N–H and O–H groups in total. The summed E-state index contributed by atoms with van der Waals surface area (Å²) >= 11 is 0. The largest absolute Gasteiger partial charge is 0.449 e. The zero-order valence-electron chi connectivity index (χ0n) is 24.0. The van der Waals surface area contributed by atoms with Gasteiger partial charge in [-0.25, -0.2) is 9.78 Å². The van der Waals surface area contributed by atoms with Gasteiger partial charge in [-0.3, -0.25) is 15.0 Å². The molecule has 0 aliphatic carbocycles. The lowest BCUT2D eigenvalue weighted by atomic mass is 9.88. The first-order chi connectivity index (χ1) is 21.3. The van der Waals surface area contributed by atoms with Crippen molar-refractivity contribution in [1.29, 1.82) is 0 Å². The van der Waals surface area contributed by atoms with E-state index in [4.69, 9.17) is 4.74 Å². The molecule has 2 aromatic carbocycles. The molecule has 46 heavy (non-hydrogen) atoms. The van der Waals surface area contributed by atoms with Crippen LogP contribution in [0.15, 0.2) is 48.7 Å². The number of rotatable bonds is 7. The van der Waals surface area contributed by atoms with Crippen LogP contribution in [-0.4, -0.2) is 28.6 Å². The van der Waals surface area contributed by atoms with Crippen LogP contribution in [0.25, 0.3) is 0 Å². The van der Waals surface area contributed by atoms with E-state index < -0.39 is 76.0 Å². The Kier molecular flexibility index (Phi) is 9.45. The van der Waals surface area contributed by atoms with Crippen molar-refractivity contribution in [2.24, 2.45) is 0 Å². The van der Waals surface area contributed by atoms with Crippen molar-refractivity contribution in [1.82, 2.24) is 4.98 Å². The van der Waals surface area contributed by atoms with Crippen LogP contribution in [0.3, 0.4) is 0 Å². The van der Waals surface area contributed by atoms with E-state index in [0.717, 1.165) is 30.5 Å². The molecule has 4 rings (SSSR count). The maximum atomic E-state index is 13.7. The highest BCUT2D eigenvalue weighted by atomic mass is 19.4. The van der Waals surface area contributed by atoms with Gasteiger partial charge in [0.05, 0.1) is 39.9 Å². The molecule has 1 aliphatic heterocycles. The monoisotopic (exact) mass is 664 g/mol. The smallest absolute Gasteiger partial charge is 0.416 e. The van der Waals surface area contributed by atoms with Gasteiger partial charge in [-0.15, -0.1) is 0 Å². The number of hydrogen-bond acceptors (Lipinski definition) is 6. The fourth-order valence-corrected chi connectivity index (χ4v) is 5.23. The van der Waals surface area contributed by atoms with Crippen LogP contribution in [0.4, 0.5) is 61.5 Å². The molecule has 0 unspecified atom stereocenters.